The molecule has 176 valence electrons. The van der Waals surface area contributed by atoms with Crippen molar-refractivity contribution in [1.82, 2.24) is 35.7 Å². The van der Waals surface area contributed by atoms with Gasteiger partial charge in [0.2, 0.25) is 5.89 Å². The highest BCUT2D eigenvalue weighted by Crippen LogP contribution is 2.34. The fourth-order valence-electron chi connectivity index (χ4n) is 4.43. The number of halogens is 3. The van der Waals surface area contributed by atoms with E-state index in [9.17, 15) is 0 Å². The Morgan fingerprint density at radius 1 is 1.15 bits per heavy atom. The van der Waals surface area contributed by atoms with Crippen LogP contribution in [0.1, 0.15) is 36.1 Å². The second-order valence-corrected chi connectivity index (χ2v) is 10.6. The molecule has 0 unspecified atom stereocenters. The van der Waals surface area contributed by atoms with E-state index in [2.05, 4.69) is 66.5 Å². The minimum Gasteiger partial charge on any atom is -0.419 e. The Morgan fingerprint density at radius 3 is 2.73 bits per heavy atom. The molecule has 1 saturated heterocycles. The van der Waals surface area contributed by atoms with Gasteiger partial charge in [0, 0.05) is 46.8 Å². The van der Waals surface area contributed by atoms with Crippen LogP contribution in [0.5, 0.6) is 0 Å². The summed E-state index contributed by atoms with van der Waals surface area (Å²) in [7, 11) is 4.10. The zero-order valence-corrected chi connectivity index (χ0v) is 22.2. The van der Waals surface area contributed by atoms with Crippen LogP contribution in [0.25, 0.3) is 5.70 Å². The third-order valence-electron chi connectivity index (χ3n) is 6.41. The number of benzene rings is 1. The summed E-state index contributed by atoms with van der Waals surface area (Å²) in [4.78, 5) is 4.60. The average molecular weight is 602 g/mol. The molecule has 0 saturated carbocycles. The van der Waals surface area contributed by atoms with Gasteiger partial charge in [-0.2, -0.15) is 0 Å². The van der Waals surface area contributed by atoms with Gasteiger partial charge in [0.25, 0.3) is 5.89 Å². The highest BCUT2D eigenvalue weighted by molar-refractivity contribution is 14.1. The Kier molecular flexibility index (Phi) is 6.65. The fraction of sp³-hybridized carbons (Fsp3) is 0.455. The van der Waals surface area contributed by atoms with Gasteiger partial charge in [-0.1, -0.05) is 23.2 Å². The second-order valence-electron chi connectivity index (χ2n) is 8.65. The summed E-state index contributed by atoms with van der Waals surface area (Å²) in [6, 6.07) is 3.84. The molecule has 3 aliphatic rings. The number of likely N-dealkylation sites (tertiary alicyclic amines) is 1. The number of allylic oxidation sites excluding steroid dienone is 1. The van der Waals surface area contributed by atoms with E-state index in [-0.39, 0.29) is 0 Å². The van der Waals surface area contributed by atoms with E-state index in [1.165, 1.54) is 0 Å². The summed E-state index contributed by atoms with van der Waals surface area (Å²) in [5.74, 6) is 2.49. The number of aromatic nitrogens is 2. The van der Waals surface area contributed by atoms with Crippen molar-refractivity contribution < 1.29 is 4.42 Å². The van der Waals surface area contributed by atoms with Crippen molar-refractivity contribution in [3.8, 4) is 0 Å². The van der Waals surface area contributed by atoms with Crippen LogP contribution in [0.4, 0.5) is 0 Å². The Labute approximate surface area is 217 Å². The summed E-state index contributed by atoms with van der Waals surface area (Å²) < 4.78 is 7.15. The Bertz CT molecular complexity index is 1110. The van der Waals surface area contributed by atoms with Gasteiger partial charge in [0.1, 0.15) is 11.5 Å². The lowest BCUT2D eigenvalue weighted by molar-refractivity contribution is 0.235. The third-order valence-corrected chi connectivity index (χ3v) is 8.41. The molecule has 11 heteroatoms. The van der Waals surface area contributed by atoms with E-state index in [1.54, 1.807) is 0 Å². The summed E-state index contributed by atoms with van der Waals surface area (Å²) >= 11 is 15.3. The molecule has 0 radical (unpaired) electrons. The van der Waals surface area contributed by atoms with E-state index in [0.717, 1.165) is 71.3 Å². The summed E-state index contributed by atoms with van der Waals surface area (Å²) in [6.45, 7) is 4.33. The number of nitrogens with zero attached hydrogens (tertiary/aromatic N) is 5. The first kappa shape index (κ1) is 23.1. The molecule has 5 rings (SSSR count). The van der Waals surface area contributed by atoms with E-state index >= 15 is 0 Å². The van der Waals surface area contributed by atoms with Crippen molar-refractivity contribution in [2.75, 3.05) is 40.3 Å². The van der Waals surface area contributed by atoms with Crippen LogP contribution in [0, 0.1) is 3.57 Å². The molecule has 0 spiro atoms. The van der Waals surface area contributed by atoms with Gasteiger partial charge in [0.15, 0.2) is 0 Å². The van der Waals surface area contributed by atoms with Gasteiger partial charge in [-0.3, -0.25) is 10.4 Å². The molecular weight excluding hydrogens is 576 g/mol. The van der Waals surface area contributed by atoms with E-state index in [4.69, 9.17) is 27.6 Å². The van der Waals surface area contributed by atoms with Crippen molar-refractivity contribution in [1.29, 1.82) is 0 Å². The number of hydrogen-bond acceptors (Lipinski definition) is 8. The number of hydrazine groups is 1. The van der Waals surface area contributed by atoms with Crippen LogP contribution in [-0.2, 0) is 6.54 Å². The number of piperidine rings is 1. The zero-order valence-electron chi connectivity index (χ0n) is 18.5. The van der Waals surface area contributed by atoms with Crippen LogP contribution in [0.3, 0.4) is 0 Å². The van der Waals surface area contributed by atoms with E-state index < -0.39 is 0 Å². The molecule has 2 N–H and O–H groups in total. The molecule has 1 aromatic heterocycles. The Balaban J connectivity index is 1.42. The number of hydrogen-bond donors (Lipinski definition) is 2. The molecular formula is C22H26Cl2IN7O. The Morgan fingerprint density at radius 2 is 1.94 bits per heavy atom. The first-order chi connectivity index (χ1) is 15.9. The number of nitrogens with one attached hydrogen (secondary N) is 2. The van der Waals surface area contributed by atoms with E-state index in [0.29, 0.717) is 28.4 Å². The van der Waals surface area contributed by atoms with Crippen molar-refractivity contribution in [3.63, 3.8) is 0 Å². The molecule has 0 amide bonds. The predicted octanol–water partition coefficient (Wildman–Crippen LogP) is 3.86. The van der Waals surface area contributed by atoms with Gasteiger partial charge in [0.05, 0.1) is 10.7 Å². The molecule has 0 aliphatic carbocycles. The SMILES string of the molecule is CN1CCC(c2nnc(C3=CC4=C(NCCN4Cc4c(Cl)ccc(I)c4Cl)NN3C)o2)CC1. The van der Waals surface area contributed by atoms with Crippen molar-refractivity contribution in [2.24, 2.45) is 0 Å². The first-order valence-electron chi connectivity index (χ1n) is 11.0. The minimum atomic E-state index is 0.317. The topological polar surface area (TPSA) is 72.7 Å². The second kappa shape index (κ2) is 9.52. The Hall–Kier alpha value is -1.69. The summed E-state index contributed by atoms with van der Waals surface area (Å²) in [5, 5.41) is 15.5. The minimum absolute atomic E-state index is 0.317. The summed E-state index contributed by atoms with van der Waals surface area (Å²) in [6.07, 6.45) is 4.16. The molecule has 1 aromatic carbocycles. The van der Waals surface area contributed by atoms with Gasteiger partial charge < -0.3 is 19.5 Å². The van der Waals surface area contributed by atoms with Gasteiger partial charge in [-0.25, -0.2) is 0 Å². The van der Waals surface area contributed by atoms with Gasteiger partial charge in [-0.15, -0.1) is 10.2 Å². The maximum absolute atomic E-state index is 6.60. The summed E-state index contributed by atoms with van der Waals surface area (Å²) in [5.41, 5.74) is 6.17. The van der Waals surface area contributed by atoms with Gasteiger partial charge in [-0.05, 0) is 73.8 Å². The largest absolute Gasteiger partial charge is 0.419 e. The monoisotopic (exact) mass is 601 g/mol. The fourth-order valence-corrected chi connectivity index (χ4v) is 5.43. The molecule has 0 bridgehead atoms. The van der Waals surface area contributed by atoms with Crippen LogP contribution in [0.15, 0.2) is 34.1 Å². The van der Waals surface area contributed by atoms with Crippen LogP contribution in [-0.4, -0.2) is 65.3 Å². The van der Waals surface area contributed by atoms with Crippen molar-refractivity contribution in [3.05, 3.63) is 60.7 Å². The predicted molar refractivity (Wildman–Crippen MR) is 137 cm³/mol. The molecule has 33 heavy (non-hydrogen) atoms. The number of rotatable bonds is 4. The van der Waals surface area contributed by atoms with Gasteiger partial charge >= 0.3 is 0 Å². The molecule has 3 aliphatic heterocycles. The highest BCUT2D eigenvalue weighted by atomic mass is 127. The van der Waals surface area contributed by atoms with Crippen LogP contribution in [0.2, 0.25) is 10.0 Å². The van der Waals surface area contributed by atoms with Crippen molar-refractivity contribution in [2.45, 2.75) is 25.3 Å². The quantitative estimate of drug-likeness (QED) is 0.404. The first-order valence-corrected chi connectivity index (χ1v) is 12.8. The molecule has 2 aromatic rings. The standard InChI is InChI=1S/C22H26Cl2IN7O/c1-30-8-5-13(6-9-30)21-27-28-22(33-21)18-11-17-20(29-31(18)2)26-7-10-32(17)12-14-15(23)3-4-16(25)19(14)24/h3-4,11,13,26,29H,5-10,12H2,1-2H3. The maximum Gasteiger partial charge on any atom is 0.265 e. The lowest BCUT2D eigenvalue weighted by Crippen LogP contribution is -2.49. The zero-order chi connectivity index (χ0) is 23.1. The molecule has 1 fully saturated rings. The lowest BCUT2D eigenvalue weighted by atomic mass is 9.97. The highest BCUT2D eigenvalue weighted by Gasteiger charge is 2.30. The third kappa shape index (κ3) is 4.65. The maximum atomic E-state index is 6.60. The normalized spacial score (nSPS) is 19.8. The smallest absolute Gasteiger partial charge is 0.265 e. The lowest BCUT2D eigenvalue weighted by Gasteiger charge is -2.39. The van der Waals surface area contributed by atoms with Crippen LogP contribution >= 0.6 is 45.8 Å². The average Bonchev–Trinajstić information content (AvgIpc) is 3.29. The van der Waals surface area contributed by atoms with E-state index in [1.807, 2.05) is 24.2 Å². The molecule has 4 heterocycles. The molecule has 0 atom stereocenters. The van der Waals surface area contributed by atoms with Crippen LogP contribution < -0.4 is 10.7 Å². The molecule has 8 nitrogen and oxygen atoms in total. The van der Waals surface area contributed by atoms with Crippen molar-refractivity contribution >= 4 is 51.5 Å².